The van der Waals surface area contributed by atoms with Crippen molar-refractivity contribution < 1.29 is 19.1 Å². The highest BCUT2D eigenvalue weighted by Gasteiger charge is 2.23. The zero-order chi connectivity index (χ0) is 15.6. The van der Waals surface area contributed by atoms with Crippen LogP contribution in [0.2, 0.25) is 0 Å². The first-order chi connectivity index (χ1) is 9.88. The Labute approximate surface area is 122 Å². The number of hydrogen-bond donors (Lipinski definition) is 1. The van der Waals surface area contributed by atoms with E-state index in [-0.39, 0.29) is 5.91 Å². The van der Waals surface area contributed by atoms with E-state index in [2.05, 4.69) is 0 Å². The van der Waals surface area contributed by atoms with Gasteiger partial charge < -0.3 is 9.52 Å². The van der Waals surface area contributed by atoms with Crippen LogP contribution in [-0.4, -0.2) is 23.5 Å². The number of carbonyl (C=O) groups excluding carboxylic acids is 1. The Bertz CT molecular complexity index is 670. The molecule has 0 radical (unpaired) electrons. The number of aliphatic carboxylic acids is 1. The van der Waals surface area contributed by atoms with Crippen molar-refractivity contribution >= 4 is 17.6 Å². The summed E-state index contributed by atoms with van der Waals surface area (Å²) in [7, 11) is 0. The molecule has 0 bridgehead atoms. The van der Waals surface area contributed by atoms with E-state index in [4.69, 9.17) is 9.52 Å². The van der Waals surface area contributed by atoms with E-state index in [9.17, 15) is 9.59 Å². The van der Waals surface area contributed by atoms with Crippen LogP contribution in [0.1, 0.15) is 27.4 Å². The maximum absolute atomic E-state index is 12.6. The third-order valence-electron chi connectivity index (χ3n) is 3.16. The minimum Gasteiger partial charge on any atom is -0.480 e. The molecule has 1 aromatic carbocycles. The number of furan rings is 1. The summed E-state index contributed by atoms with van der Waals surface area (Å²) in [6.07, 6.45) is 0. The van der Waals surface area contributed by atoms with E-state index in [0.717, 1.165) is 5.56 Å². The van der Waals surface area contributed by atoms with E-state index in [1.165, 1.54) is 4.90 Å². The van der Waals surface area contributed by atoms with Crippen LogP contribution in [0.3, 0.4) is 0 Å². The van der Waals surface area contributed by atoms with Gasteiger partial charge in [-0.3, -0.25) is 14.5 Å². The first-order valence-corrected chi connectivity index (χ1v) is 6.56. The number of anilines is 1. The number of carboxylic acid groups (broad SMARTS) is 1. The summed E-state index contributed by atoms with van der Waals surface area (Å²) >= 11 is 0. The van der Waals surface area contributed by atoms with Crippen LogP contribution in [-0.2, 0) is 4.79 Å². The second-order valence-corrected chi connectivity index (χ2v) is 4.95. The highest BCUT2D eigenvalue weighted by molar-refractivity contribution is 6.08. The Balaban J connectivity index is 2.40. The highest BCUT2D eigenvalue weighted by Crippen LogP contribution is 2.21. The first kappa shape index (κ1) is 14.8. The molecule has 0 saturated carbocycles. The molecule has 5 heteroatoms. The van der Waals surface area contributed by atoms with Gasteiger partial charge in [-0.1, -0.05) is 17.7 Å². The highest BCUT2D eigenvalue weighted by atomic mass is 16.4. The molecule has 2 rings (SSSR count). The molecule has 0 unspecified atom stereocenters. The van der Waals surface area contributed by atoms with Gasteiger partial charge in [-0.2, -0.15) is 0 Å². The number of amides is 1. The van der Waals surface area contributed by atoms with E-state index in [0.29, 0.717) is 22.8 Å². The van der Waals surface area contributed by atoms with Gasteiger partial charge in [0.2, 0.25) is 0 Å². The van der Waals surface area contributed by atoms with Crippen LogP contribution in [0.15, 0.2) is 34.7 Å². The third kappa shape index (κ3) is 3.31. The predicted molar refractivity (Wildman–Crippen MR) is 78.7 cm³/mol. The van der Waals surface area contributed by atoms with Gasteiger partial charge in [0.15, 0.2) is 0 Å². The third-order valence-corrected chi connectivity index (χ3v) is 3.16. The van der Waals surface area contributed by atoms with E-state index in [1.54, 1.807) is 32.0 Å². The predicted octanol–water partition coefficient (Wildman–Crippen LogP) is 2.94. The van der Waals surface area contributed by atoms with Gasteiger partial charge >= 0.3 is 5.97 Å². The zero-order valence-corrected chi connectivity index (χ0v) is 12.2. The average molecular weight is 287 g/mol. The summed E-state index contributed by atoms with van der Waals surface area (Å²) < 4.78 is 5.35. The molecule has 0 aliphatic rings. The number of aryl methyl sites for hydroxylation is 3. The lowest BCUT2D eigenvalue weighted by molar-refractivity contribution is -0.135. The largest absolute Gasteiger partial charge is 0.480 e. The summed E-state index contributed by atoms with van der Waals surface area (Å²) in [4.78, 5) is 24.9. The maximum atomic E-state index is 12.6. The lowest BCUT2D eigenvalue weighted by Gasteiger charge is -2.20. The van der Waals surface area contributed by atoms with Crippen molar-refractivity contribution in [3.63, 3.8) is 0 Å². The molecule has 110 valence electrons. The van der Waals surface area contributed by atoms with Crippen molar-refractivity contribution in [3.8, 4) is 0 Å². The molecule has 0 saturated heterocycles. The lowest BCUT2D eigenvalue weighted by Crippen LogP contribution is -2.35. The molecule has 5 nitrogen and oxygen atoms in total. The molecule has 2 aromatic rings. The Kier molecular flexibility index (Phi) is 4.12. The minimum absolute atomic E-state index is 0.379. The van der Waals surface area contributed by atoms with Gasteiger partial charge in [-0.05, 0) is 39.0 Å². The molecule has 0 fully saturated rings. The Morgan fingerprint density at radius 3 is 2.24 bits per heavy atom. The molecule has 1 heterocycles. The Hall–Kier alpha value is -2.56. The number of carboxylic acids is 1. The molecular weight excluding hydrogens is 270 g/mol. The molecule has 0 atom stereocenters. The van der Waals surface area contributed by atoms with Crippen molar-refractivity contribution in [1.82, 2.24) is 0 Å². The van der Waals surface area contributed by atoms with Crippen molar-refractivity contribution in [2.75, 3.05) is 11.4 Å². The molecule has 0 spiro atoms. The van der Waals surface area contributed by atoms with Crippen molar-refractivity contribution in [2.45, 2.75) is 20.8 Å². The maximum Gasteiger partial charge on any atom is 0.323 e. The van der Waals surface area contributed by atoms with E-state index in [1.807, 2.05) is 19.1 Å². The fourth-order valence-electron chi connectivity index (χ4n) is 2.13. The summed E-state index contributed by atoms with van der Waals surface area (Å²) in [6.45, 7) is 4.97. The van der Waals surface area contributed by atoms with E-state index < -0.39 is 12.5 Å². The molecule has 1 aromatic heterocycles. The smallest absolute Gasteiger partial charge is 0.323 e. The first-order valence-electron chi connectivity index (χ1n) is 6.56. The Morgan fingerprint density at radius 1 is 1.14 bits per heavy atom. The fraction of sp³-hybridized carbons (Fsp3) is 0.250. The van der Waals surface area contributed by atoms with Gasteiger partial charge in [-0.15, -0.1) is 0 Å². The topological polar surface area (TPSA) is 70.8 Å². The summed E-state index contributed by atoms with van der Waals surface area (Å²) in [5, 5.41) is 9.05. The normalized spacial score (nSPS) is 10.4. The molecule has 0 aliphatic heterocycles. The van der Waals surface area contributed by atoms with Crippen LogP contribution in [0.5, 0.6) is 0 Å². The van der Waals surface area contributed by atoms with Crippen LogP contribution < -0.4 is 4.90 Å². The fourth-order valence-corrected chi connectivity index (χ4v) is 2.13. The molecule has 1 N–H and O–H groups in total. The van der Waals surface area contributed by atoms with Crippen molar-refractivity contribution in [1.29, 1.82) is 0 Å². The molecule has 21 heavy (non-hydrogen) atoms. The van der Waals surface area contributed by atoms with E-state index >= 15 is 0 Å². The number of nitrogens with zero attached hydrogens (tertiary/aromatic N) is 1. The van der Waals surface area contributed by atoms with Gasteiger partial charge in [-0.25, -0.2) is 0 Å². The number of hydrogen-bond acceptors (Lipinski definition) is 3. The summed E-state index contributed by atoms with van der Waals surface area (Å²) in [5.74, 6) is -0.340. The van der Waals surface area contributed by atoms with Crippen LogP contribution in [0.25, 0.3) is 0 Å². The SMILES string of the molecule is Cc1ccc(N(CC(=O)O)C(=O)c2cc(C)oc2C)cc1. The number of benzene rings is 1. The summed E-state index contributed by atoms with van der Waals surface area (Å²) in [6, 6.07) is 8.77. The number of rotatable bonds is 4. The second kappa shape index (κ2) is 5.83. The van der Waals surface area contributed by atoms with Crippen molar-refractivity contribution in [3.05, 3.63) is 53.0 Å². The Morgan fingerprint density at radius 2 is 1.76 bits per heavy atom. The second-order valence-electron chi connectivity index (χ2n) is 4.95. The van der Waals surface area contributed by atoms with Gasteiger partial charge in [0, 0.05) is 5.69 Å². The quantitative estimate of drug-likeness (QED) is 0.938. The van der Waals surface area contributed by atoms with Gasteiger partial charge in [0.1, 0.15) is 18.1 Å². The van der Waals surface area contributed by atoms with Gasteiger partial charge in [0.05, 0.1) is 5.56 Å². The standard InChI is InChI=1S/C16H17NO4/c1-10-4-6-13(7-5-10)17(9-15(18)19)16(20)14-8-11(2)21-12(14)3/h4-8H,9H2,1-3H3,(H,18,19). The van der Waals surface area contributed by atoms with Crippen LogP contribution in [0.4, 0.5) is 5.69 Å². The molecule has 0 aliphatic carbocycles. The number of carbonyl (C=O) groups is 2. The van der Waals surface area contributed by atoms with Crippen LogP contribution >= 0.6 is 0 Å². The average Bonchev–Trinajstić information content (AvgIpc) is 2.75. The minimum atomic E-state index is -1.07. The molecule has 1 amide bonds. The lowest BCUT2D eigenvalue weighted by atomic mass is 10.1. The summed E-state index contributed by atoms with van der Waals surface area (Å²) in [5.41, 5.74) is 1.97. The van der Waals surface area contributed by atoms with Crippen molar-refractivity contribution in [2.24, 2.45) is 0 Å². The monoisotopic (exact) mass is 287 g/mol. The molecular formula is C16H17NO4. The zero-order valence-electron chi connectivity index (χ0n) is 12.2. The van der Waals surface area contributed by atoms with Crippen LogP contribution in [0, 0.1) is 20.8 Å². The van der Waals surface area contributed by atoms with Gasteiger partial charge in [0.25, 0.3) is 5.91 Å².